The lowest BCUT2D eigenvalue weighted by Crippen LogP contribution is -2.52. The lowest BCUT2D eigenvalue weighted by Gasteiger charge is -2.38. The Bertz CT molecular complexity index is 1220. The van der Waals surface area contributed by atoms with Gasteiger partial charge in [0.1, 0.15) is 4.90 Å². The predicted octanol–water partition coefficient (Wildman–Crippen LogP) is 2.41. The van der Waals surface area contributed by atoms with Crippen LogP contribution >= 0.6 is 0 Å². The van der Waals surface area contributed by atoms with Crippen molar-refractivity contribution in [1.29, 1.82) is 0 Å². The summed E-state index contributed by atoms with van der Waals surface area (Å²) in [5.74, 6) is 0.0492. The lowest BCUT2D eigenvalue weighted by molar-refractivity contribution is 0.172. The molecule has 0 unspecified atom stereocenters. The molecule has 29 heavy (non-hydrogen) atoms. The number of pyridine rings is 1. The van der Waals surface area contributed by atoms with Crippen LogP contribution in [0.25, 0.3) is 10.9 Å². The summed E-state index contributed by atoms with van der Waals surface area (Å²) in [7, 11) is -3.63. The van der Waals surface area contributed by atoms with Gasteiger partial charge < -0.3 is 0 Å². The Morgan fingerprint density at radius 3 is 2.52 bits per heavy atom. The molecule has 3 heterocycles. The van der Waals surface area contributed by atoms with Crippen LogP contribution in [0.2, 0.25) is 0 Å². The third-order valence-corrected chi connectivity index (χ3v) is 7.07. The van der Waals surface area contributed by atoms with Crippen molar-refractivity contribution in [2.24, 2.45) is 5.92 Å². The molecular weight excluding hydrogens is 388 g/mol. The van der Waals surface area contributed by atoms with Gasteiger partial charge in [-0.15, -0.1) is 0 Å². The minimum Gasteiger partial charge on any atom is -0.268 e. The number of hydrogen-bond acceptors (Lipinski definition) is 5. The molecule has 0 saturated carbocycles. The van der Waals surface area contributed by atoms with Crippen LogP contribution in [0.4, 0.5) is 0 Å². The largest absolute Gasteiger partial charge is 0.268 e. The van der Waals surface area contributed by atoms with Gasteiger partial charge in [-0.2, -0.15) is 9.40 Å². The van der Waals surface area contributed by atoms with Crippen molar-refractivity contribution in [3.63, 3.8) is 0 Å². The molecule has 152 valence electrons. The van der Waals surface area contributed by atoms with E-state index < -0.39 is 10.0 Å². The summed E-state index contributed by atoms with van der Waals surface area (Å²) < 4.78 is 29.1. The van der Waals surface area contributed by atoms with Crippen LogP contribution in [0.1, 0.15) is 26.5 Å². The third-order valence-electron chi connectivity index (χ3n) is 5.20. The summed E-state index contributed by atoms with van der Waals surface area (Å²) in [6.45, 7) is 7.25. The van der Waals surface area contributed by atoms with E-state index in [-0.39, 0.29) is 21.8 Å². The molecule has 0 atom stereocenters. The Labute approximate surface area is 170 Å². The highest BCUT2D eigenvalue weighted by atomic mass is 32.2. The van der Waals surface area contributed by atoms with E-state index in [4.69, 9.17) is 0 Å². The zero-order chi connectivity index (χ0) is 20.8. The Kier molecular flexibility index (Phi) is 4.78. The van der Waals surface area contributed by atoms with Crippen LogP contribution in [0.3, 0.4) is 0 Å². The van der Waals surface area contributed by atoms with Crippen LogP contribution in [0.15, 0.2) is 58.4 Å². The number of nitrogens with zero attached hydrogens (tertiary/aromatic N) is 4. The minimum atomic E-state index is -3.63. The van der Waals surface area contributed by atoms with Gasteiger partial charge in [-0.05, 0) is 18.2 Å². The minimum absolute atomic E-state index is 0.0492. The van der Waals surface area contributed by atoms with Gasteiger partial charge in [-0.25, -0.2) is 13.1 Å². The van der Waals surface area contributed by atoms with Crippen molar-refractivity contribution >= 4 is 20.9 Å². The predicted molar refractivity (Wildman–Crippen MR) is 111 cm³/mol. The molecule has 7 nitrogen and oxygen atoms in total. The summed E-state index contributed by atoms with van der Waals surface area (Å²) in [5, 5.41) is 5.27. The Balaban J connectivity index is 1.52. The van der Waals surface area contributed by atoms with Gasteiger partial charge >= 0.3 is 0 Å². The quantitative estimate of drug-likeness (QED) is 0.657. The summed E-state index contributed by atoms with van der Waals surface area (Å²) in [6.07, 6.45) is 1.60. The molecule has 0 aliphatic carbocycles. The number of benzene rings is 1. The summed E-state index contributed by atoms with van der Waals surface area (Å²) >= 11 is 0. The second kappa shape index (κ2) is 7.03. The molecule has 4 rings (SSSR count). The summed E-state index contributed by atoms with van der Waals surface area (Å²) in [6, 6.07) is 12.1. The van der Waals surface area contributed by atoms with Crippen molar-refractivity contribution < 1.29 is 8.42 Å². The first kappa shape index (κ1) is 19.7. The first-order chi connectivity index (χ1) is 13.7. The van der Waals surface area contributed by atoms with E-state index in [9.17, 15) is 13.2 Å². The van der Waals surface area contributed by atoms with Crippen LogP contribution in [0, 0.1) is 5.92 Å². The van der Waals surface area contributed by atoms with Crippen LogP contribution in [-0.2, 0) is 22.0 Å². The maximum Gasteiger partial charge on any atom is 0.266 e. The van der Waals surface area contributed by atoms with Gasteiger partial charge in [0, 0.05) is 42.1 Å². The summed E-state index contributed by atoms with van der Waals surface area (Å²) in [5.41, 5.74) is 0.987. The average molecular weight is 413 g/mol. The zero-order valence-electron chi connectivity index (χ0n) is 16.7. The average Bonchev–Trinajstić information content (AvgIpc) is 2.64. The molecular formula is C21H24N4O3S. The molecule has 2 aromatic heterocycles. The molecule has 0 spiro atoms. The number of rotatable bonds is 4. The standard InChI is InChI=1S/C21H24N4O3S/c1-21(2,3)18-9-10-19(26)25(23-18)14-15-12-24(13-15)29(27,28)17-8-4-6-16-7-5-11-22-20(16)17/h4-11,15H,12-14H2,1-3H3. The molecule has 0 amide bonds. The van der Waals surface area contributed by atoms with Gasteiger partial charge in [-0.3, -0.25) is 9.78 Å². The smallest absolute Gasteiger partial charge is 0.266 e. The maximum atomic E-state index is 13.1. The van der Waals surface area contributed by atoms with E-state index in [0.717, 1.165) is 11.1 Å². The third kappa shape index (κ3) is 3.70. The number of aromatic nitrogens is 3. The highest BCUT2D eigenvalue weighted by molar-refractivity contribution is 7.89. The molecule has 1 saturated heterocycles. The van der Waals surface area contributed by atoms with Gasteiger partial charge in [-0.1, -0.05) is 39.0 Å². The van der Waals surface area contributed by atoms with Crippen molar-refractivity contribution in [2.45, 2.75) is 37.6 Å². The molecule has 0 radical (unpaired) electrons. The topological polar surface area (TPSA) is 85.2 Å². The lowest BCUT2D eigenvalue weighted by atomic mass is 9.92. The van der Waals surface area contributed by atoms with Crippen LogP contribution < -0.4 is 5.56 Å². The molecule has 1 aromatic carbocycles. The number of hydrogen-bond donors (Lipinski definition) is 0. The number of fused-ring (bicyclic) bond motifs is 1. The van der Waals surface area contributed by atoms with E-state index in [1.54, 1.807) is 30.5 Å². The van der Waals surface area contributed by atoms with Crippen molar-refractivity contribution in [1.82, 2.24) is 19.1 Å². The Morgan fingerprint density at radius 2 is 1.79 bits per heavy atom. The SMILES string of the molecule is CC(C)(C)c1ccc(=O)n(CC2CN(S(=O)(=O)c3cccc4cccnc34)C2)n1. The monoisotopic (exact) mass is 412 g/mol. The van der Waals surface area contributed by atoms with Crippen LogP contribution in [0.5, 0.6) is 0 Å². The first-order valence-corrected chi connectivity index (χ1v) is 11.0. The summed E-state index contributed by atoms with van der Waals surface area (Å²) in [4.78, 5) is 16.7. The molecule has 1 fully saturated rings. The van der Waals surface area contributed by atoms with E-state index in [0.29, 0.717) is 25.2 Å². The highest BCUT2D eigenvalue weighted by Crippen LogP contribution is 2.29. The van der Waals surface area contributed by atoms with Gasteiger partial charge in [0.25, 0.3) is 5.56 Å². The van der Waals surface area contributed by atoms with E-state index in [1.165, 1.54) is 15.1 Å². The fourth-order valence-corrected chi connectivity index (χ4v) is 5.24. The fourth-order valence-electron chi connectivity index (χ4n) is 3.48. The second-order valence-electron chi connectivity index (χ2n) is 8.51. The second-order valence-corrected chi connectivity index (χ2v) is 10.4. The molecule has 1 aliphatic heterocycles. The zero-order valence-corrected chi connectivity index (χ0v) is 17.6. The van der Waals surface area contributed by atoms with Crippen molar-refractivity contribution in [3.05, 3.63) is 64.7 Å². The molecule has 3 aromatic rings. The molecule has 8 heteroatoms. The first-order valence-electron chi connectivity index (χ1n) is 9.59. The number of sulfonamides is 1. The maximum absolute atomic E-state index is 13.1. The van der Waals surface area contributed by atoms with E-state index in [1.807, 2.05) is 32.9 Å². The van der Waals surface area contributed by atoms with Gasteiger partial charge in [0.05, 0.1) is 17.8 Å². The van der Waals surface area contributed by atoms with E-state index in [2.05, 4.69) is 10.1 Å². The van der Waals surface area contributed by atoms with Gasteiger partial charge in [0.15, 0.2) is 0 Å². The highest BCUT2D eigenvalue weighted by Gasteiger charge is 2.38. The Morgan fingerprint density at radius 1 is 1.07 bits per heavy atom. The molecule has 0 bridgehead atoms. The fraction of sp³-hybridized carbons (Fsp3) is 0.381. The Hall–Kier alpha value is -2.58. The molecule has 1 aliphatic rings. The number of para-hydroxylation sites is 1. The van der Waals surface area contributed by atoms with Crippen LogP contribution in [-0.4, -0.2) is 40.6 Å². The molecule has 0 N–H and O–H groups in total. The van der Waals surface area contributed by atoms with Crippen molar-refractivity contribution in [3.8, 4) is 0 Å². The van der Waals surface area contributed by atoms with E-state index >= 15 is 0 Å². The van der Waals surface area contributed by atoms with Gasteiger partial charge in [0.2, 0.25) is 10.0 Å². The normalized spacial score (nSPS) is 16.1. The van der Waals surface area contributed by atoms with Crippen molar-refractivity contribution in [2.75, 3.05) is 13.1 Å².